The van der Waals surface area contributed by atoms with Crippen LogP contribution in [-0.2, 0) is 0 Å². The molecule has 0 heterocycles. The Morgan fingerprint density at radius 1 is 0.774 bits per heavy atom. The maximum Gasteiger partial charge on any atom is -0.0140 e. The van der Waals surface area contributed by atoms with Crippen molar-refractivity contribution in [2.24, 2.45) is 0 Å². The lowest BCUT2D eigenvalue weighted by molar-refractivity contribution is 0.735. The SMILES string of the molecule is CCC(C)c1ccc(-c2ccc(C)c(C3=C(C)CCC=C3)c2)cc1-c1ccccc1C. The zero-order valence-electron chi connectivity index (χ0n) is 19.6. The van der Waals surface area contributed by atoms with E-state index >= 15 is 0 Å². The minimum Gasteiger partial charge on any atom is -0.0836 e. The molecule has 0 fully saturated rings. The number of hydrogen-bond donors (Lipinski definition) is 0. The summed E-state index contributed by atoms with van der Waals surface area (Å²) in [6.45, 7) is 11.3. The molecule has 0 saturated carbocycles. The first-order chi connectivity index (χ1) is 15.0. The molecule has 0 amide bonds. The molecular formula is C31H34. The lowest BCUT2D eigenvalue weighted by Crippen LogP contribution is -1.98. The smallest absolute Gasteiger partial charge is 0.0140 e. The van der Waals surface area contributed by atoms with E-state index in [-0.39, 0.29) is 0 Å². The maximum atomic E-state index is 2.41. The van der Waals surface area contributed by atoms with Crippen molar-refractivity contribution in [3.63, 3.8) is 0 Å². The van der Waals surface area contributed by atoms with Gasteiger partial charge in [0.05, 0.1) is 0 Å². The topological polar surface area (TPSA) is 0 Å². The lowest BCUT2D eigenvalue weighted by Gasteiger charge is -2.19. The number of benzene rings is 3. The molecule has 0 bridgehead atoms. The Morgan fingerprint density at radius 3 is 2.16 bits per heavy atom. The first-order valence-corrected chi connectivity index (χ1v) is 11.7. The molecule has 0 spiro atoms. The summed E-state index contributed by atoms with van der Waals surface area (Å²) >= 11 is 0. The van der Waals surface area contributed by atoms with Gasteiger partial charge in [-0.2, -0.15) is 0 Å². The van der Waals surface area contributed by atoms with Crippen LogP contribution in [0.25, 0.3) is 27.8 Å². The van der Waals surface area contributed by atoms with E-state index in [9.17, 15) is 0 Å². The van der Waals surface area contributed by atoms with Gasteiger partial charge in [0.25, 0.3) is 0 Å². The van der Waals surface area contributed by atoms with Crippen molar-refractivity contribution in [2.45, 2.75) is 59.8 Å². The fourth-order valence-corrected chi connectivity index (χ4v) is 4.68. The highest BCUT2D eigenvalue weighted by molar-refractivity contribution is 5.83. The van der Waals surface area contributed by atoms with Gasteiger partial charge in [-0.25, -0.2) is 0 Å². The fraction of sp³-hybridized carbons (Fsp3) is 0.290. The van der Waals surface area contributed by atoms with E-state index in [0.29, 0.717) is 5.92 Å². The van der Waals surface area contributed by atoms with Crippen LogP contribution >= 0.6 is 0 Å². The van der Waals surface area contributed by atoms with Crippen LogP contribution in [0.1, 0.15) is 68.2 Å². The molecule has 4 rings (SSSR count). The molecule has 3 aromatic carbocycles. The van der Waals surface area contributed by atoms with Crippen LogP contribution in [0.15, 0.2) is 78.4 Å². The molecule has 31 heavy (non-hydrogen) atoms. The summed E-state index contributed by atoms with van der Waals surface area (Å²) in [5.41, 5.74) is 13.7. The Morgan fingerprint density at radius 2 is 1.45 bits per heavy atom. The summed E-state index contributed by atoms with van der Waals surface area (Å²) < 4.78 is 0. The summed E-state index contributed by atoms with van der Waals surface area (Å²) in [6.07, 6.45) is 8.09. The van der Waals surface area contributed by atoms with Crippen molar-refractivity contribution in [1.82, 2.24) is 0 Å². The summed E-state index contributed by atoms with van der Waals surface area (Å²) in [7, 11) is 0. The molecule has 0 nitrogen and oxygen atoms in total. The van der Waals surface area contributed by atoms with E-state index in [1.54, 1.807) is 0 Å². The van der Waals surface area contributed by atoms with E-state index in [1.807, 2.05) is 0 Å². The summed E-state index contributed by atoms with van der Waals surface area (Å²) in [5.74, 6) is 0.539. The van der Waals surface area contributed by atoms with E-state index in [0.717, 1.165) is 19.3 Å². The Balaban J connectivity index is 1.86. The van der Waals surface area contributed by atoms with Crippen LogP contribution in [0.4, 0.5) is 0 Å². The predicted octanol–water partition coefficient (Wildman–Crippen LogP) is 9.27. The van der Waals surface area contributed by atoms with Gasteiger partial charge in [0.1, 0.15) is 0 Å². The second-order valence-electron chi connectivity index (χ2n) is 9.09. The van der Waals surface area contributed by atoms with Gasteiger partial charge >= 0.3 is 0 Å². The number of allylic oxidation sites excluding steroid dienone is 4. The van der Waals surface area contributed by atoms with Crippen LogP contribution in [0.5, 0.6) is 0 Å². The second-order valence-corrected chi connectivity index (χ2v) is 9.09. The minimum atomic E-state index is 0.539. The van der Waals surface area contributed by atoms with Gasteiger partial charge < -0.3 is 0 Å². The largest absolute Gasteiger partial charge is 0.0836 e. The van der Waals surface area contributed by atoms with Crippen molar-refractivity contribution in [2.75, 3.05) is 0 Å². The average molecular weight is 407 g/mol. The standard InChI is InChI=1S/C31H34/c1-6-21(2)29-18-17-26(20-31(29)28-14-10-8-12-23(28)4)25-16-15-24(5)30(19-25)27-13-9-7-11-22(27)3/h8-10,12-21H,6-7,11H2,1-5H3. The molecule has 0 N–H and O–H groups in total. The summed E-state index contributed by atoms with van der Waals surface area (Å²) in [6, 6.07) is 22.8. The third kappa shape index (κ3) is 4.30. The Bertz CT molecular complexity index is 1160. The monoisotopic (exact) mass is 406 g/mol. The van der Waals surface area contributed by atoms with Crippen molar-refractivity contribution in [1.29, 1.82) is 0 Å². The van der Waals surface area contributed by atoms with Crippen molar-refractivity contribution < 1.29 is 0 Å². The lowest BCUT2D eigenvalue weighted by atomic mass is 9.85. The predicted molar refractivity (Wildman–Crippen MR) is 136 cm³/mol. The van der Waals surface area contributed by atoms with E-state index < -0.39 is 0 Å². The average Bonchev–Trinajstić information content (AvgIpc) is 2.79. The van der Waals surface area contributed by atoms with Crippen LogP contribution in [0.3, 0.4) is 0 Å². The first kappa shape index (κ1) is 21.4. The molecule has 0 radical (unpaired) electrons. The van der Waals surface area contributed by atoms with E-state index in [4.69, 9.17) is 0 Å². The van der Waals surface area contributed by atoms with Crippen LogP contribution < -0.4 is 0 Å². The quantitative estimate of drug-likeness (QED) is 0.396. The summed E-state index contributed by atoms with van der Waals surface area (Å²) in [5, 5.41) is 0. The highest BCUT2D eigenvalue weighted by atomic mass is 14.2. The molecule has 1 aliphatic rings. The van der Waals surface area contributed by atoms with Gasteiger partial charge in [-0.15, -0.1) is 0 Å². The molecule has 3 aromatic rings. The van der Waals surface area contributed by atoms with E-state index in [1.165, 1.54) is 55.7 Å². The van der Waals surface area contributed by atoms with Crippen molar-refractivity contribution in [3.8, 4) is 22.3 Å². The van der Waals surface area contributed by atoms with Gasteiger partial charge in [0.2, 0.25) is 0 Å². The van der Waals surface area contributed by atoms with Crippen LogP contribution in [-0.4, -0.2) is 0 Å². The maximum absolute atomic E-state index is 2.41. The van der Waals surface area contributed by atoms with Gasteiger partial charge in [-0.05, 0) is 108 Å². The summed E-state index contributed by atoms with van der Waals surface area (Å²) in [4.78, 5) is 0. The zero-order valence-corrected chi connectivity index (χ0v) is 19.6. The molecule has 0 aromatic heterocycles. The number of rotatable bonds is 5. The third-order valence-electron chi connectivity index (χ3n) is 6.92. The third-order valence-corrected chi connectivity index (χ3v) is 6.92. The van der Waals surface area contributed by atoms with E-state index in [2.05, 4.69) is 107 Å². The molecule has 0 saturated heterocycles. The molecule has 1 unspecified atom stereocenters. The first-order valence-electron chi connectivity index (χ1n) is 11.7. The van der Waals surface area contributed by atoms with Crippen LogP contribution in [0.2, 0.25) is 0 Å². The van der Waals surface area contributed by atoms with Gasteiger partial charge in [0.15, 0.2) is 0 Å². The normalized spacial score (nSPS) is 14.7. The minimum absolute atomic E-state index is 0.539. The van der Waals surface area contributed by atoms with Gasteiger partial charge in [-0.1, -0.05) is 80.1 Å². The number of aryl methyl sites for hydroxylation is 2. The zero-order chi connectivity index (χ0) is 22.0. The van der Waals surface area contributed by atoms with Gasteiger partial charge in [-0.3, -0.25) is 0 Å². The molecule has 1 aliphatic carbocycles. The number of hydrogen-bond acceptors (Lipinski definition) is 0. The van der Waals surface area contributed by atoms with Crippen LogP contribution in [0, 0.1) is 13.8 Å². The highest BCUT2D eigenvalue weighted by Gasteiger charge is 2.15. The molecule has 158 valence electrons. The molecule has 1 atom stereocenters. The Labute approximate surface area is 188 Å². The highest BCUT2D eigenvalue weighted by Crippen LogP contribution is 2.38. The second kappa shape index (κ2) is 9.10. The van der Waals surface area contributed by atoms with Gasteiger partial charge in [0, 0.05) is 0 Å². The fourth-order valence-electron chi connectivity index (χ4n) is 4.68. The molecule has 0 aliphatic heterocycles. The van der Waals surface area contributed by atoms with Crippen molar-refractivity contribution >= 4 is 5.57 Å². The Hall–Kier alpha value is -2.86. The Kier molecular flexibility index (Phi) is 6.28. The van der Waals surface area contributed by atoms with Crippen molar-refractivity contribution in [3.05, 3.63) is 101 Å². The molecular weight excluding hydrogens is 372 g/mol. The molecule has 0 heteroatoms.